The average Bonchev–Trinajstić information content (AvgIpc) is 2.79. The van der Waals surface area contributed by atoms with Crippen LogP contribution in [-0.2, 0) is 17.8 Å². The van der Waals surface area contributed by atoms with Crippen molar-refractivity contribution in [2.45, 2.75) is 19.6 Å². The van der Waals surface area contributed by atoms with Crippen molar-refractivity contribution in [3.05, 3.63) is 71.4 Å². The molecule has 1 aliphatic rings. The lowest BCUT2D eigenvalue weighted by Gasteiger charge is -2.14. The number of ether oxygens (including phenoxy) is 3. The zero-order chi connectivity index (χ0) is 22.5. The fraction of sp³-hybridized carbons (Fsp3) is 0.174. The summed E-state index contributed by atoms with van der Waals surface area (Å²) in [6.07, 6.45) is 5.32. The Kier molecular flexibility index (Phi) is 6.25. The molecule has 1 N–H and O–H groups in total. The molecule has 0 saturated heterocycles. The van der Waals surface area contributed by atoms with Crippen molar-refractivity contribution in [2.24, 2.45) is 0 Å². The van der Waals surface area contributed by atoms with Gasteiger partial charge in [0.25, 0.3) is 0 Å². The number of benzene rings is 2. The van der Waals surface area contributed by atoms with E-state index in [1.165, 1.54) is 19.2 Å². The molecule has 32 heavy (non-hydrogen) atoms. The molecule has 9 heteroatoms. The van der Waals surface area contributed by atoms with E-state index in [0.29, 0.717) is 29.3 Å². The summed E-state index contributed by atoms with van der Waals surface area (Å²) in [5, 5.41) is 2.98. The summed E-state index contributed by atoms with van der Waals surface area (Å²) < 4.78 is 40.0. The van der Waals surface area contributed by atoms with E-state index in [4.69, 9.17) is 9.47 Å². The third-order valence-electron chi connectivity index (χ3n) is 4.68. The van der Waals surface area contributed by atoms with E-state index in [-0.39, 0.29) is 24.1 Å². The van der Waals surface area contributed by atoms with Gasteiger partial charge in [0.2, 0.25) is 11.8 Å². The lowest BCUT2D eigenvalue weighted by molar-refractivity contribution is -0.114. The first-order valence-corrected chi connectivity index (χ1v) is 9.68. The number of nitrogens with zero attached hydrogens (tertiary/aromatic N) is 2. The molecule has 1 heterocycles. The lowest BCUT2D eigenvalue weighted by Crippen LogP contribution is -2.07. The summed E-state index contributed by atoms with van der Waals surface area (Å²) in [5.74, 6) is 1.40. The smallest absolute Gasteiger partial charge is 0.387 e. The zero-order valence-corrected chi connectivity index (χ0v) is 17.0. The highest BCUT2D eigenvalue weighted by molar-refractivity contribution is 5.98. The minimum Gasteiger partial charge on any atom is -0.489 e. The summed E-state index contributed by atoms with van der Waals surface area (Å²) in [6.45, 7) is -2.69. The standard InChI is InChI=1S/C23H19F2N3O4/c1-30-21-16(13-31-20-7-3-14-10-18(29)6-2-15(14)11-20)12-26-23(28-21)27-17-4-8-19(9-5-17)32-22(24)25/h2-9,11-12,22H,10,13H2,1H3,(H,26,27,28). The van der Waals surface area contributed by atoms with Gasteiger partial charge in [-0.15, -0.1) is 0 Å². The van der Waals surface area contributed by atoms with Crippen LogP contribution < -0.4 is 19.5 Å². The second-order valence-electron chi connectivity index (χ2n) is 6.88. The molecule has 0 amide bonds. The van der Waals surface area contributed by atoms with Gasteiger partial charge in [-0.3, -0.25) is 4.79 Å². The van der Waals surface area contributed by atoms with Crippen LogP contribution in [0.2, 0.25) is 0 Å². The van der Waals surface area contributed by atoms with E-state index < -0.39 is 6.61 Å². The third kappa shape index (κ3) is 5.18. The molecular formula is C23H19F2N3O4. The number of rotatable bonds is 8. The normalized spacial score (nSPS) is 12.4. The Labute approximate surface area is 182 Å². The SMILES string of the molecule is COc1nc(Nc2ccc(OC(F)F)cc2)ncc1COc1ccc2c(c1)C=CC(=O)C2. The number of alkyl halides is 2. The van der Waals surface area contributed by atoms with Crippen LogP contribution in [0.4, 0.5) is 20.4 Å². The molecule has 0 aliphatic heterocycles. The van der Waals surface area contributed by atoms with E-state index in [0.717, 1.165) is 11.1 Å². The summed E-state index contributed by atoms with van der Waals surface area (Å²) in [5.41, 5.74) is 3.16. The van der Waals surface area contributed by atoms with E-state index in [2.05, 4.69) is 20.0 Å². The number of methoxy groups -OCH3 is 1. The van der Waals surface area contributed by atoms with Crippen LogP contribution in [0.25, 0.3) is 6.08 Å². The van der Waals surface area contributed by atoms with Gasteiger partial charge in [0.1, 0.15) is 18.1 Å². The number of fused-ring (bicyclic) bond motifs is 1. The van der Waals surface area contributed by atoms with Gasteiger partial charge in [-0.05, 0) is 53.6 Å². The van der Waals surface area contributed by atoms with Crippen LogP contribution in [0.1, 0.15) is 16.7 Å². The fourth-order valence-electron chi connectivity index (χ4n) is 3.15. The van der Waals surface area contributed by atoms with Crippen LogP contribution in [0.5, 0.6) is 17.4 Å². The number of hydrogen-bond acceptors (Lipinski definition) is 7. The number of aromatic nitrogens is 2. The molecule has 0 spiro atoms. The van der Waals surface area contributed by atoms with Gasteiger partial charge in [0.05, 0.1) is 12.7 Å². The van der Waals surface area contributed by atoms with Crippen LogP contribution in [0, 0.1) is 0 Å². The lowest BCUT2D eigenvalue weighted by atomic mass is 9.96. The van der Waals surface area contributed by atoms with Crippen molar-refractivity contribution in [3.8, 4) is 17.4 Å². The quantitative estimate of drug-likeness (QED) is 0.551. The van der Waals surface area contributed by atoms with Gasteiger partial charge < -0.3 is 19.5 Å². The summed E-state index contributed by atoms with van der Waals surface area (Å²) in [4.78, 5) is 20.1. The van der Waals surface area contributed by atoms with E-state index in [1.54, 1.807) is 30.5 Å². The molecule has 0 bridgehead atoms. The number of halogens is 2. The highest BCUT2D eigenvalue weighted by atomic mass is 19.3. The van der Waals surface area contributed by atoms with Gasteiger partial charge in [0, 0.05) is 18.3 Å². The summed E-state index contributed by atoms with van der Waals surface area (Å²) in [7, 11) is 1.49. The molecule has 1 aromatic heterocycles. The predicted octanol–water partition coefficient (Wildman–Crippen LogP) is 4.55. The first-order valence-electron chi connectivity index (χ1n) is 9.68. The molecule has 0 radical (unpaired) electrons. The van der Waals surface area contributed by atoms with Crippen molar-refractivity contribution in [1.82, 2.24) is 9.97 Å². The largest absolute Gasteiger partial charge is 0.489 e. The van der Waals surface area contributed by atoms with Crippen molar-refractivity contribution in [1.29, 1.82) is 0 Å². The summed E-state index contributed by atoms with van der Waals surface area (Å²) >= 11 is 0. The first-order chi connectivity index (χ1) is 15.5. The highest BCUT2D eigenvalue weighted by Crippen LogP contribution is 2.26. The Balaban J connectivity index is 1.41. The van der Waals surface area contributed by atoms with Crippen LogP contribution >= 0.6 is 0 Å². The molecule has 0 saturated carbocycles. The molecule has 3 aromatic rings. The van der Waals surface area contributed by atoms with Crippen LogP contribution in [0.15, 0.2) is 54.7 Å². The average molecular weight is 439 g/mol. The van der Waals surface area contributed by atoms with Gasteiger partial charge in [0.15, 0.2) is 5.78 Å². The van der Waals surface area contributed by atoms with E-state index in [1.807, 2.05) is 18.2 Å². The number of carbonyl (C=O) groups excluding carboxylic acids is 1. The molecule has 0 unspecified atom stereocenters. The maximum atomic E-state index is 12.3. The Morgan fingerprint density at radius 3 is 2.62 bits per heavy atom. The zero-order valence-electron chi connectivity index (χ0n) is 17.0. The molecule has 0 atom stereocenters. The number of anilines is 2. The number of nitrogens with one attached hydrogen (secondary N) is 1. The molecule has 4 rings (SSSR count). The van der Waals surface area contributed by atoms with Crippen molar-refractivity contribution >= 4 is 23.5 Å². The molecule has 7 nitrogen and oxygen atoms in total. The minimum atomic E-state index is -2.88. The fourth-order valence-corrected chi connectivity index (χ4v) is 3.15. The maximum Gasteiger partial charge on any atom is 0.387 e. The monoisotopic (exact) mass is 439 g/mol. The second-order valence-corrected chi connectivity index (χ2v) is 6.88. The number of ketones is 1. The number of carbonyl (C=O) groups is 1. The van der Waals surface area contributed by atoms with Crippen molar-refractivity contribution in [2.75, 3.05) is 12.4 Å². The Bertz CT molecular complexity index is 1150. The van der Waals surface area contributed by atoms with Gasteiger partial charge in [-0.1, -0.05) is 12.1 Å². The van der Waals surface area contributed by atoms with Crippen LogP contribution in [0.3, 0.4) is 0 Å². The maximum absolute atomic E-state index is 12.3. The van der Waals surface area contributed by atoms with Crippen molar-refractivity contribution < 1.29 is 27.8 Å². The number of allylic oxidation sites excluding steroid dienone is 1. The topological polar surface area (TPSA) is 82.6 Å². The first kappa shape index (κ1) is 21.2. The molecule has 164 valence electrons. The van der Waals surface area contributed by atoms with E-state index >= 15 is 0 Å². The second kappa shape index (κ2) is 9.42. The van der Waals surface area contributed by atoms with Crippen molar-refractivity contribution in [3.63, 3.8) is 0 Å². The minimum absolute atomic E-state index is 0.0563. The van der Waals surface area contributed by atoms with E-state index in [9.17, 15) is 13.6 Å². The van der Waals surface area contributed by atoms with Crippen LogP contribution in [-0.4, -0.2) is 29.5 Å². The predicted molar refractivity (Wildman–Crippen MR) is 113 cm³/mol. The van der Waals surface area contributed by atoms with Gasteiger partial charge >= 0.3 is 6.61 Å². The summed E-state index contributed by atoms with van der Waals surface area (Å²) in [6, 6.07) is 11.5. The molecule has 1 aliphatic carbocycles. The highest BCUT2D eigenvalue weighted by Gasteiger charge is 2.13. The molecular weight excluding hydrogens is 420 g/mol. The number of hydrogen-bond donors (Lipinski definition) is 1. The van der Waals surface area contributed by atoms with Gasteiger partial charge in [-0.25, -0.2) is 4.98 Å². The Morgan fingerprint density at radius 1 is 1.09 bits per heavy atom. The third-order valence-corrected chi connectivity index (χ3v) is 4.68. The van der Waals surface area contributed by atoms with Gasteiger partial charge in [-0.2, -0.15) is 13.8 Å². The molecule has 2 aromatic carbocycles. The Morgan fingerprint density at radius 2 is 1.88 bits per heavy atom. The molecule has 0 fully saturated rings. The Hall–Kier alpha value is -4.01.